The third-order valence-corrected chi connectivity index (χ3v) is 6.68. The first kappa shape index (κ1) is 18.0. The van der Waals surface area contributed by atoms with Crippen molar-refractivity contribution in [2.45, 2.75) is 12.5 Å². The summed E-state index contributed by atoms with van der Waals surface area (Å²) in [7, 11) is 0.223. The molecule has 0 radical (unpaired) electrons. The first-order chi connectivity index (χ1) is 11.9. The van der Waals surface area contributed by atoms with E-state index < -0.39 is 9.84 Å². The standard InChI is InChI=1S/C17H24N2O5S/c1-23-15-9-13(10-16(11-15)24-2)17(20)19-6-4-18(5-7-19)14-3-8-25(21,22)12-14/h9-11,14H,3-8,12H2,1-2H3. The zero-order valence-electron chi connectivity index (χ0n) is 14.6. The second-order valence-electron chi connectivity index (χ2n) is 6.49. The number of methoxy groups -OCH3 is 2. The van der Waals surface area contributed by atoms with Gasteiger partial charge in [-0.2, -0.15) is 0 Å². The van der Waals surface area contributed by atoms with Gasteiger partial charge in [0.1, 0.15) is 11.5 Å². The molecule has 1 unspecified atom stereocenters. The zero-order chi connectivity index (χ0) is 18.0. The van der Waals surface area contributed by atoms with E-state index in [2.05, 4.69) is 4.90 Å². The Balaban J connectivity index is 1.64. The van der Waals surface area contributed by atoms with E-state index in [4.69, 9.17) is 9.47 Å². The Morgan fingerprint density at radius 1 is 1.04 bits per heavy atom. The topological polar surface area (TPSA) is 76.2 Å². The summed E-state index contributed by atoms with van der Waals surface area (Å²) >= 11 is 0. The molecule has 0 aliphatic carbocycles. The molecule has 138 valence electrons. The molecule has 0 bridgehead atoms. The highest BCUT2D eigenvalue weighted by atomic mass is 32.2. The van der Waals surface area contributed by atoms with Crippen LogP contribution in [0.5, 0.6) is 11.5 Å². The number of ether oxygens (including phenoxy) is 2. The van der Waals surface area contributed by atoms with E-state index >= 15 is 0 Å². The lowest BCUT2D eigenvalue weighted by molar-refractivity contribution is 0.0587. The van der Waals surface area contributed by atoms with Crippen LogP contribution in [-0.2, 0) is 9.84 Å². The second kappa shape index (κ2) is 7.21. The fraction of sp³-hybridized carbons (Fsp3) is 0.588. The van der Waals surface area contributed by atoms with Crippen LogP contribution in [0.1, 0.15) is 16.8 Å². The van der Waals surface area contributed by atoms with Crippen LogP contribution in [0, 0.1) is 0 Å². The summed E-state index contributed by atoms with van der Waals surface area (Å²) in [4.78, 5) is 16.8. The fourth-order valence-electron chi connectivity index (χ4n) is 3.47. The number of hydrogen-bond acceptors (Lipinski definition) is 6. The minimum absolute atomic E-state index is 0.0594. The van der Waals surface area contributed by atoms with Crippen LogP contribution >= 0.6 is 0 Å². The summed E-state index contributed by atoms with van der Waals surface area (Å²) in [5, 5.41) is 0. The first-order valence-electron chi connectivity index (χ1n) is 8.38. The summed E-state index contributed by atoms with van der Waals surface area (Å²) in [6.07, 6.45) is 0.698. The summed E-state index contributed by atoms with van der Waals surface area (Å²) in [5.74, 6) is 1.62. The molecule has 2 heterocycles. The molecule has 1 aromatic carbocycles. The van der Waals surface area contributed by atoms with Crippen molar-refractivity contribution in [3.8, 4) is 11.5 Å². The van der Waals surface area contributed by atoms with Crippen LogP contribution in [-0.4, -0.2) is 82.1 Å². The first-order valence-corrected chi connectivity index (χ1v) is 10.2. The molecule has 1 atom stereocenters. The van der Waals surface area contributed by atoms with E-state index in [1.807, 2.05) is 0 Å². The molecule has 3 rings (SSSR count). The molecule has 0 aromatic heterocycles. The van der Waals surface area contributed by atoms with Gasteiger partial charge < -0.3 is 14.4 Å². The van der Waals surface area contributed by atoms with Gasteiger partial charge in [-0.25, -0.2) is 8.42 Å². The molecular formula is C17H24N2O5S. The molecule has 25 heavy (non-hydrogen) atoms. The predicted octanol–water partition coefficient (Wildman–Crippen LogP) is 0.649. The van der Waals surface area contributed by atoms with Crippen LogP contribution in [0.4, 0.5) is 0 Å². The third-order valence-electron chi connectivity index (χ3n) is 4.92. The number of sulfone groups is 1. The van der Waals surface area contributed by atoms with E-state index in [0.717, 1.165) is 0 Å². The summed E-state index contributed by atoms with van der Waals surface area (Å²) in [5.41, 5.74) is 0.535. The van der Waals surface area contributed by atoms with Crippen molar-refractivity contribution in [3.63, 3.8) is 0 Å². The van der Waals surface area contributed by atoms with E-state index in [1.54, 1.807) is 37.3 Å². The van der Waals surface area contributed by atoms with E-state index in [0.29, 0.717) is 49.7 Å². The summed E-state index contributed by atoms with van der Waals surface area (Å²) in [6.45, 7) is 2.59. The number of nitrogens with zero attached hydrogens (tertiary/aromatic N) is 2. The number of amides is 1. The van der Waals surface area contributed by atoms with Crippen LogP contribution in [0.3, 0.4) is 0 Å². The zero-order valence-corrected chi connectivity index (χ0v) is 15.4. The van der Waals surface area contributed by atoms with Gasteiger partial charge in [-0.1, -0.05) is 0 Å². The SMILES string of the molecule is COc1cc(OC)cc(C(=O)N2CCN(C3CCS(=O)(=O)C3)CC2)c1. The van der Waals surface area contributed by atoms with Crippen molar-refractivity contribution in [3.05, 3.63) is 23.8 Å². The Morgan fingerprint density at radius 2 is 1.64 bits per heavy atom. The van der Waals surface area contributed by atoms with Gasteiger partial charge in [-0.3, -0.25) is 9.69 Å². The lowest BCUT2D eigenvalue weighted by Crippen LogP contribution is -2.52. The van der Waals surface area contributed by atoms with E-state index in [-0.39, 0.29) is 23.5 Å². The van der Waals surface area contributed by atoms with E-state index in [1.165, 1.54) is 0 Å². The maximum Gasteiger partial charge on any atom is 0.254 e. The Morgan fingerprint density at radius 3 is 2.12 bits per heavy atom. The van der Waals surface area contributed by atoms with Gasteiger partial charge in [0.2, 0.25) is 0 Å². The molecule has 7 nitrogen and oxygen atoms in total. The normalized spacial score (nSPS) is 23.4. The highest BCUT2D eigenvalue weighted by Crippen LogP contribution is 2.24. The van der Waals surface area contributed by atoms with Crippen molar-refractivity contribution in [1.29, 1.82) is 0 Å². The second-order valence-corrected chi connectivity index (χ2v) is 8.72. The van der Waals surface area contributed by atoms with Crippen LogP contribution in [0.2, 0.25) is 0 Å². The van der Waals surface area contributed by atoms with Gasteiger partial charge in [-0.05, 0) is 18.6 Å². The number of piperazine rings is 1. The van der Waals surface area contributed by atoms with Gasteiger partial charge in [0.25, 0.3) is 5.91 Å². The fourth-order valence-corrected chi connectivity index (χ4v) is 5.23. The largest absolute Gasteiger partial charge is 0.497 e. The molecule has 2 fully saturated rings. The maximum absolute atomic E-state index is 12.8. The third kappa shape index (κ3) is 4.07. The number of carbonyl (C=O) groups is 1. The maximum atomic E-state index is 12.8. The van der Waals surface area contributed by atoms with Gasteiger partial charge in [0.15, 0.2) is 9.84 Å². The van der Waals surface area contributed by atoms with E-state index in [9.17, 15) is 13.2 Å². The number of hydrogen-bond donors (Lipinski definition) is 0. The van der Waals surface area contributed by atoms with Crippen molar-refractivity contribution < 1.29 is 22.7 Å². The molecule has 1 aromatic rings. The van der Waals surface area contributed by atoms with Gasteiger partial charge >= 0.3 is 0 Å². The molecule has 0 N–H and O–H groups in total. The van der Waals surface area contributed by atoms with Crippen LogP contribution in [0.15, 0.2) is 18.2 Å². The van der Waals surface area contributed by atoms with Crippen molar-refractivity contribution in [1.82, 2.24) is 9.80 Å². The van der Waals surface area contributed by atoms with Crippen molar-refractivity contribution >= 4 is 15.7 Å². The molecular weight excluding hydrogens is 344 g/mol. The highest BCUT2D eigenvalue weighted by Gasteiger charge is 2.34. The Labute approximate surface area is 148 Å². The predicted molar refractivity (Wildman–Crippen MR) is 94.1 cm³/mol. The number of benzene rings is 1. The Bertz CT molecular complexity index is 719. The molecule has 2 aliphatic heterocycles. The average Bonchev–Trinajstić information content (AvgIpc) is 3.00. The van der Waals surface area contributed by atoms with Gasteiger partial charge in [0, 0.05) is 43.9 Å². The quantitative estimate of drug-likeness (QED) is 0.777. The van der Waals surface area contributed by atoms with Crippen molar-refractivity contribution in [2.24, 2.45) is 0 Å². The lowest BCUT2D eigenvalue weighted by Gasteiger charge is -2.37. The van der Waals surface area contributed by atoms with Gasteiger partial charge in [-0.15, -0.1) is 0 Å². The minimum atomic E-state index is -2.88. The molecule has 8 heteroatoms. The Kier molecular flexibility index (Phi) is 5.19. The molecule has 0 saturated carbocycles. The van der Waals surface area contributed by atoms with Crippen LogP contribution in [0.25, 0.3) is 0 Å². The smallest absolute Gasteiger partial charge is 0.254 e. The van der Waals surface area contributed by atoms with Crippen molar-refractivity contribution in [2.75, 3.05) is 51.9 Å². The van der Waals surface area contributed by atoms with Crippen LogP contribution < -0.4 is 9.47 Å². The molecule has 0 spiro atoms. The Hall–Kier alpha value is -1.80. The monoisotopic (exact) mass is 368 g/mol. The van der Waals surface area contributed by atoms with Gasteiger partial charge in [0.05, 0.1) is 25.7 Å². The number of rotatable bonds is 4. The average molecular weight is 368 g/mol. The molecule has 1 amide bonds. The summed E-state index contributed by atoms with van der Waals surface area (Å²) < 4.78 is 33.7. The molecule has 2 aliphatic rings. The lowest BCUT2D eigenvalue weighted by atomic mass is 10.1. The summed E-state index contributed by atoms with van der Waals surface area (Å²) in [6, 6.07) is 5.25. The molecule has 2 saturated heterocycles. The highest BCUT2D eigenvalue weighted by molar-refractivity contribution is 7.91. The minimum Gasteiger partial charge on any atom is -0.497 e. The number of carbonyl (C=O) groups excluding carboxylic acids is 1.